The second-order valence-electron chi connectivity index (χ2n) is 4.68. The average molecular weight is 346 g/mol. The molecule has 0 radical (unpaired) electrons. The zero-order valence-corrected chi connectivity index (χ0v) is 13.6. The number of alkyl halides is 1. The van der Waals surface area contributed by atoms with Gasteiger partial charge in [0.1, 0.15) is 5.00 Å². The lowest BCUT2D eigenvalue weighted by Gasteiger charge is -2.16. The Hall–Kier alpha value is -0.880. The molecule has 0 spiro atoms. The monoisotopic (exact) mass is 345 g/mol. The molecule has 1 aliphatic rings. The van der Waals surface area contributed by atoms with E-state index in [1.54, 1.807) is 4.90 Å². The maximum absolute atomic E-state index is 12.1. The molecule has 2 heterocycles. The lowest BCUT2D eigenvalue weighted by Crippen LogP contribution is -2.25. The van der Waals surface area contributed by atoms with Crippen LogP contribution in [-0.2, 0) is 9.53 Å². The maximum Gasteiger partial charge on any atom is 0.341 e. The Morgan fingerprint density at radius 2 is 2.21 bits per heavy atom. The smallest absolute Gasteiger partial charge is 0.341 e. The van der Waals surface area contributed by atoms with Gasteiger partial charge >= 0.3 is 5.97 Å². The minimum absolute atomic E-state index is 0.0795. The molecule has 0 saturated carbocycles. The van der Waals surface area contributed by atoms with E-state index in [4.69, 9.17) is 4.74 Å². The van der Waals surface area contributed by atoms with Crippen LogP contribution in [0.4, 0.5) is 5.00 Å². The van der Waals surface area contributed by atoms with Crippen LogP contribution in [0.3, 0.4) is 0 Å². The summed E-state index contributed by atoms with van der Waals surface area (Å²) >= 11 is 4.90. The van der Waals surface area contributed by atoms with Gasteiger partial charge in [-0.2, -0.15) is 0 Å². The molecule has 0 N–H and O–H groups in total. The first-order chi connectivity index (χ1) is 8.99. The molecule has 1 aliphatic heterocycles. The van der Waals surface area contributed by atoms with E-state index in [1.165, 1.54) is 18.4 Å². The van der Waals surface area contributed by atoms with Crippen molar-refractivity contribution in [2.45, 2.75) is 20.3 Å². The van der Waals surface area contributed by atoms with Crippen molar-refractivity contribution in [2.75, 3.05) is 23.9 Å². The third-order valence-corrected chi connectivity index (χ3v) is 5.57. The molecule has 0 aliphatic carbocycles. The van der Waals surface area contributed by atoms with Gasteiger partial charge in [0, 0.05) is 23.2 Å². The number of nitrogens with zero attached hydrogens (tertiary/aromatic N) is 1. The largest absolute Gasteiger partial charge is 0.465 e. The summed E-state index contributed by atoms with van der Waals surface area (Å²) in [5.74, 6) is 0.0171. The van der Waals surface area contributed by atoms with E-state index >= 15 is 0 Å². The average Bonchev–Trinajstić information content (AvgIpc) is 2.90. The summed E-state index contributed by atoms with van der Waals surface area (Å²) in [7, 11) is 1.37. The number of hydrogen-bond donors (Lipinski definition) is 0. The van der Waals surface area contributed by atoms with Crippen molar-refractivity contribution in [3.05, 3.63) is 16.0 Å². The molecule has 0 bridgehead atoms. The highest BCUT2D eigenvalue weighted by Crippen LogP contribution is 2.38. The molecule has 1 aromatic heterocycles. The van der Waals surface area contributed by atoms with Crippen LogP contribution >= 0.6 is 27.3 Å². The van der Waals surface area contributed by atoms with Crippen LogP contribution in [0.2, 0.25) is 0 Å². The van der Waals surface area contributed by atoms with Crippen LogP contribution in [0.15, 0.2) is 0 Å². The number of thiophene rings is 1. The second-order valence-corrected chi connectivity index (χ2v) is 6.53. The predicted octanol–water partition coefficient (Wildman–Crippen LogP) is 2.90. The van der Waals surface area contributed by atoms with Crippen molar-refractivity contribution < 1.29 is 14.3 Å². The third-order valence-electron chi connectivity index (χ3n) is 3.42. The van der Waals surface area contributed by atoms with E-state index < -0.39 is 0 Å². The van der Waals surface area contributed by atoms with Gasteiger partial charge in [-0.15, -0.1) is 11.3 Å². The lowest BCUT2D eigenvalue weighted by atomic mass is 10.1. The molecule has 1 atom stereocenters. The molecule has 2 rings (SSSR count). The number of carbonyl (C=O) groups excluding carboxylic acids is 2. The minimum atomic E-state index is -0.369. The lowest BCUT2D eigenvalue weighted by molar-refractivity contribution is -0.117. The summed E-state index contributed by atoms with van der Waals surface area (Å²) in [5, 5.41) is 1.53. The molecular formula is C13H16BrNO3S. The molecule has 1 aromatic rings. The minimum Gasteiger partial charge on any atom is -0.465 e. The van der Waals surface area contributed by atoms with Crippen molar-refractivity contribution in [2.24, 2.45) is 5.92 Å². The van der Waals surface area contributed by atoms with Gasteiger partial charge in [0.2, 0.25) is 5.91 Å². The first-order valence-electron chi connectivity index (χ1n) is 6.04. The summed E-state index contributed by atoms with van der Waals surface area (Å²) in [4.78, 5) is 26.8. The molecule has 4 nitrogen and oxygen atoms in total. The topological polar surface area (TPSA) is 46.6 Å². The van der Waals surface area contributed by atoms with Crippen LogP contribution in [0.5, 0.6) is 0 Å². The Labute approximate surface area is 124 Å². The summed E-state index contributed by atoms with van der Waals surface area (Å²) in [5.41, 5.74) is 1.44. The molecule has 19 heavy (non-hydrogen) atoms. The Morgan fingerprint density at radius 3 is 2.74 bits per heavy atom. The highest BCUT2D eigenvalue weighted by molar-refractivity contribution is 9.09. The van der Waals surface area contributed by atoms with Gasteiger partial charge in [0.05, 0.1) is 12.7 Å². The number of halogens is 1. The number of amides is 1. The fourth-order valence-corrected chi connectivity index (χ4v) is 3.83. The number of methoxy groups -OCH3 is 1. The predicted molar refractivity (Wildman–Crippen MR) is 79.4 cm³/mol. The van der Waals surface area contributed by atoms with Crippen molar-refractivity contribution in [1.82, 2.24) is 0 Å². The van der Waals surface area contributed by atoms with Crippen molar-refractivity contribution >= 4 is 44.1 Å². The van der Waals surface area contributed by atoms with Gasteiger partial charge in [-0.05, 0) is 25.3 Å². The summed E-state index contributed by atoms with van der Waals surface area (Å²) in [6, 6.07) is 0. The van der Waals surface area contributed by atoms with Gasteiger partial charge in [0.25, 0.3) is 0 Å². The number of ether oxygens (including phenoxy) is 1. The van der Waals surface area contributed by atoms with Crippen LogP contribution in [0.1, 0.15) is 27.2 Å². The highest BCUT2D eigenvalue weighted by atomic mass is 79.9. The Kier molecular flexibility index (Phi) is 4.30. The van der Waals surface area contributed by atoms with Gasteiger partial charge < -0.3 is 9.64 Å². The van der Waals surface area contributed by atoms with Gasteiger partial charge in [0.15, 0.2) is 0 Å². The number of aryl methyl sites for hydroxylation is 1. The van der Waals surface area contributed by atoms with Gasteiger partial charge in [-0.25, -0.2) is 4.79 Å². The molecule has 1 saturated heterocycles. The molecule has 6 heteroatoms. The van der Waals surface area contributed by atoms with Crippen LogP contribution in [0.25, 0.3) is 0 Å². The fraction of sp³-hybridized carbons (Fsp3) is 0.538. The van der Waals surface area contributed by atoms with Crippen LogP contribution in [0, 0.1) is 19.8 Å². The second kappa shape index (κ2) is 5.63. The summed E-state index contributed by atoms with van der Waals surface area (Å²) in [6.07, 6.45) is 0.530. The summed E-state index contributed by atoms with van der Waals surface area (Å²) < 4.78 is 4.84. The summed E-state index contributed by atoms with van der Waals surface area (Å²) in [6.45, 7) is 4.51. The number of hydrogen-bond acceptors (Lipinski definition) is 4. The number of esters is 1. The SMILES string of the molecule is COC(=O)c1c(N2CC(CBr)CC2=O)sc(C)c1C. The third kappa shape index (κ3) is 2.56. The van der Waals surface area contributed by atoms with Crippen LogP contribution < -0.4 is 4.90 Å². The quantitative estimate of drug-likeness (QED) is 0.625. The zero-order valence-electron chi connectivity index (χ0n) is 11.2. The zero-order chi connectivity index (χ0) is 14.2. The molecule has 104 valence electrons. The van der Waals surface area contributed by atoms with E-state index in [9.17, 15) is 9.59 Å². The molecule has 0 aromatic carbocycles. The fourth-order valence-electron chi connectivity index (χ4n) is 2.22. The Bertz CT molecular complexity index is 526. The van der Waals surface area contributed by atoms with E-state index in [-0.39, 0.29) is 11.9 Å². The van der Waals surface area contributed by atoms with E-state index in [0.29, 0.717) is 24.4 Å². The Morgan fingerprint density at radius 1 is 1.53 bits per heavy atom. The highest BCUT2D eigenvalue weighted by Gasteiger charge is 2.34. The maximum atomic E-state index is 12.1. The molecular weight excluding hydrogens is 330 g/mol. The number of carbonyl (C=O) groups is 2. The first kappa shape index (κ1) is 14.5. The van der Waals surface area contributed by atoms with E-state index in [1.807, 2.05) is 13.8 Å². The van der Waals surface area contributed by atoms with Gasteiger partial charge in [-0.3, -0.25) is 4.79 Å². The van der Waals surface area contributed by atoms with E-state index in [2.05, 4.69) is 15.9 Å². The van der Waals surface area contributed by atoms with Crippen molar-refractivity contribution in [3.63, 3.8) is 0 Å². The molecule has 1 amide bonds. The standard InChI is InChI=1S/C13H16BrNO3S/c1-7-8(2)19-12(11(7)13(17)18-3)15-6-9(5-14)4-10(15)16/h9H,4-6H2,1-3H3. The number of rotatable bonds is 3. The van der Waals surface area contributed by atoms with Gasteiger partial charge in [-0.1, -0.05) is 15.9 Å². The van der Waals surface area contributed by atoms with Crippen LogP contribution in [-0.4, -0.2) is 30.9 Å². The van der Waals surface area contributed by atoms with E-state index in [0.717, 1.165) is 20.8 Å². The van der Waals surface area contributed by atoms with Crippen molar-refractivity contribution in [1.29, 1.82) is 0 Å². The molecule has 1 fully saturated rings. The normalized spacial score (nSPS) is 19.1. The first-order valence-corrected chi connectivity index (χ1v) is 7.98. The van der Waals surface area contributed by atoms with Crippen molar-refractivity contribution in [3.8, 4) is 0 Å². The number of anilines is 1. The molecule has 1 unspecified atom stereocenters. The Balaban J connectivity index is 2.43.